The van der Waals surface area contributed by atoms with Crippen LogP contribution < -0.4 is 10.0 Å². The predicted octanol–water partition coefficient (Wildman–Crippen LogP) is 2.32. The standard InChI is InChI=1S/C17H19N5O3S3/c1-22-16(12-5-7-13(8-6-12)21-28(2,24)25)19-20-17(22)27-11-15(23)18-10-14-4-3-9-26-14/h3-9,21H,10-11H2,1-2H3,(H,18,23). The summed E-state index contributed by atoms with van der Waals surface area (Å²) in [6, 6.07) is 10.8. The van der Waals surface area contributed by atoms with Gasteiger partial charge in [0.2, 0.25) is 15.9 Å². The Morgan fingerprint density at radius 1 is 1.21 bits per heavy atom. The Morgan fingerprint density at radius 2 is 1.96 bits per heavy atom. The van der Waals surface area contributed by atoms with Crippen molar-refractivity contribution < 1.29 is 13.2 Å². The quantitative estimate of drug-likeness (QED) is 0.524. The van der Waals surface area contributed by atoms with Gasteiger partial charge in [-0.05, 0) is 35.7 Å². The minimum absolute atomic E-state index is 0.0702. The lowest BCUT2D eigenvalue weighted by Gasteiger charge is -2.06. The van der Waals surface area contributed by atoms with Gasteiger partial charge in [0.1, 0.15) is 0 Å². The molecular weight excluding hydrogens is 418 g/mol. The van der Waals surface area contributed by atoms with Gasteiger partial charge in [-0.1, -0.05) is 17.8 Å². The highest BCUT2D eigenvalue weighted by Gasteiger charge is 2.13. The molecule has 8 nitrogen and oxygen atoms in total. The molecule has 0 aliphatic heterocycles. The van der Waals surface area contributed by atoms with Crippen LogP contribution in [0.5, 0.6) is 0 Å². The third-order valence-electron chi connectivity index (χ3n) is 3.65. The first-order valence-corrected chi connectivity index (χ1v) is 12.0. The number of benzene rings is 1. The van der Waals surface area contributed by atoms with Gasteiger partial charge < -0.3 is 9.88 Å². The number of carbonyl (C=O) groups excluding carboxylic acids is 1. The van der Waals surface area contributed by atoms with E-state index in [1.54, 1.807) is 40.2 Å². The maximum atomic E-state index is 12.0. The minimum Gasteiger partial charge on any atom is -0.350 e. The van der Waals surface area contributed by atoms with Crippen LogP contribution in [0.15, 0.2) is 46.9 Å². The molecular formula is C17H19N5O3S3. The first-order chi connectivity index (χ1) is 13.3. The van der Waals surface area contributed by atoms with Crippen molar-refractivity contribution in [2.24, 2.45) is 7.05 Å². The molecule has 3 aromatic rings. The summed E-state index contributed by atoms with van der Waals surface area (Å²) in [6.45, 7) is 0.523. The fourth-order valence-corrected chi connectivity index (χ4v) is 4.32. The number of carbonyl (C=O) groups is 1. The lowest BCUT2D eigenvalue weighted by Crippen LogP contribution is -2.24. The van der Waals surface area contributed by atoms with Crippen molar-refractivity contribution in [1.29, 1.82) is 0 Å². The number of rotatable bonds is 8. The zero-order valence-corrected chi connectivity index (χ0v) is 17.7. The van der Waals surface area contributed by atoms with E-state index in [1.165, 1.54) is 11.8 Å². The maximum Gasteiger partial charge on any atom is 0.230 e. The van der Waals surface area contributed by atoms with Crippen molar-refractivity contribution in [2.45, 2.75) is 11.7 Å². The van der Waals surface area contributed by atoms with E-state index in [9.17, 15) is 13.2 Å². The molecule has 1 aromatic carbocycles. The number of nitrogens with zero attached hydrogens (tertiary/aromatic N) is 3. The van der Waals surface area contributed by atoms with Crippen molar-refractivity contribution >= 4 is 44.7 Å². The highest BCUT2D eigenvalue weighted by atomic mass is 32.2. The number of aromatic nitrogens is 3. The van der Waals surface area contributed by atoms with Crippen LogP contribution in [-0.4, -0.2) is 41.1 Å². The van der Waals surface area contributed by atoms with Gasteiger partial charge in [0, 0.05) is 23.2 Å². The summed E-state index contributed by atoms with van der Waals surface area (Å²) in [5, 5.41) is 13.8. The molecule has 1 amide bonds. The molecule has 0 saturated carbocycles. The third-order valence-corrected chi connectivity index (χ3v) is 6.16. The number of hydrogen-bond acceptors (Lipinski definition) is 7. The van der Waals surface area contributed by atoms with Crippen LogP contribution >= 0.6 is 23.1 Å². The molecule has 0 aliphatic rings. The molecule has 2 N–H and O–H groups in total. The van der Waals surface area contributed by atoms with Gasteiger partial charge in [0.25, 0.3) is 0 Å². The summed E-state index contributed by atoms with van der Waals surface area (Å²) in [5.41, 5.74) is 1.27. The van der Waals surface area contributed by atoms with Gasteiger partial charge >= 0.3 is 0 Å². The van der Waals surface area contributed by atoms with Crippen LogP contribution in [0.1, 0.15) is 4.88 Å². The average Bonchev–Trinajstić information content (AvgIpc) is 3.27. The van der Waals surface area contributed by atoms with Gasteiger partial charge in [-0.2, -0.15) is 0 Å². The number of nitrogens with one attached hydrogen (secondary N) is 2. The minimum atomic E-state index is -3.32. The highest BCUT2D eigenvalue weighted by Crippen LogP contribution is 2.24. The molecule has 2 heterocycles. The Balaban J connectivity index is 1.59. The van der Waals surface area contributed by atoms with E-state index in [1.807, 2.05) is 24.6 Å². The second kappa shape index (κ2) is 8.76. The van der Waals surface area contributed by atoms with Crippen LogP contribution in [0.2, 0.25) is 0 Å². The summed E-state index contributed by atoms with van der Waals surface area (Å²) in [4.78, 5) is 13.1. The average molecular weight is 438 g/mol. The molecule has 3 rings (SSSR count). The Labute approximate surface area is 171 Å². The zero-order valence-electron chi connectivity index (χ0n) is 15.2. The van der Waals surface area contributed by atoms with Crippen molar-refractivity contribution in [1.82, 2.24) is 20.1 Å². The second-order valence-corrected chi connectivity index (χ2v) is 9.68. The molecule has 0 saturated heterocycles. The lowest BCUT2D eigenvalue weighted by atomic mass is 10.2. The molecule has 11 heteroatoms. The third kappa shape index (κ3) is 5.57. The molecule has 0 bridgehead atoms. The van der Waals surface area contributed by atoms with Crippen molar-refractivity contribution in [3.8, 4) is 11.4 Å². The lowest BCUT2D eigenvalue weighted by molar-refractivity contribution is -0.118. The van der Waals surface area contributed by atoms with Crippen LogP contribution in [0.4, 0.5) is 5.69 Å². The molecule has 2 aromatic heterocycles. The molecule has 0 atom stereocenters. The Bertz CT molecular complexity index is 1040. The van der Waals surface area contributed by atoms with Gasteiger partial charge in [-0.15, -0.1) is 21.5 Å². The van der Waals surface area contributed by atoms with Gasteiger partial charge in [-0.25, -0.2) is 8.42 Å². The number of anilines is 1. The van der Waals surface area contributed by atoms with Crippen molar-refractivity contribution in [3.05, 3.63) is 46.7 Å². The van der Waals surface area contributed by atoms with E-state index >= 15 is 0 Å². The van der Waals surface area contributed by atoms with E-state index in [0.717, 1.165) is 16.7 Å². The first kappa shape index (κ1) is 20.4. The first-order valence-electron chi connectivity index (χ1n) is 8.21. The topological polar surface area (TPSA) is 106 Å². The van der Waals surface area contributed by atoms with Crippen molar-refractivity contribution in [2.75, 3.05) is 16.7 Å². The number of hydrogen-bond donors (Lipinski definition) is 2. The molecule has 148 valence electrons. The monoisotopic (exact) mass is 437 g/mol. The van der Waals surface area contributed by atoms with Gasteiger partial charge in [0.05, 0.1) is 18.6 Å². The molecule has 0 spiro atoms. The van der Waals surface area contributed by atoms with Gasteiger partial charge in [-0.3, -0.25) is 9.52 Å². The van der Waals surface area contributed by atoms with Gasteiger partial charge in [0.15, 0.2) is 11.0 Å². The molecule has 0 fully saturated rings. The second-order valence-electron chi connectivity index (χ2n) is 5.96. The molecule has 0 radical (unpaired) electrons. The van der Waals surface area contributed by atoms with E-state index < -0.39 is 10.0 Å². The summed E-state index contributed by atoms with van der Waals surface area (Å²) in [6.07, 6.45) is 1.10. The summed E-state index contributed by atoms with van der Waals surface area (Å²) >= 11 is 2.91. The van der Waals surface area contributed by atoms with Crippen molar-refractivity contribution in [3.63, 3.8) is 0 Å². The fourth-order valence-electron chi connectivity index (χ4n) is 2.37. The number of amides is 1. The highest BCUT2D eigenvalue weighted by molar-refractivity contribution is 7.99. The van der Waals surface area contributed by atoms with Crippen LogP contribution in [0.25, 0.3) is 11.4 Å². The summed E-state index contributed by atoms with van der Waals surface area (Å²) in [7, 11) is -1.49. The van der Waals surface area contributed by atoms with E-state index in [0.29, 0.717) is 23.2 Å². The van der Waals surface area contributed by atoms with E-state index in [2.05, 4.69) is 20.2 Å². The summed E-state index contributed by atoms with van der Waals surface area (Å²) < 4.78 is 26.8. The maximum absolute atomic E-state index is 12.0. The Kier molecular flexibility index (Phi) is 6.37. The Hall–Kier alpha value is -2.37. The molecule has 0 unspecified atom stereocenters. The van der Waals surface area contributed by atoms with Crippen LogP contribution in [0.3, 0.4) is 0 Å². The number of thioether (sulfide) groups is 1. The van der Waals surface area contributed by atoms with E-state index in [4.69, 9.17) is 0 Å². The predicted molar refractivity (Wildman–Crippen MR) is 112 cm³/mol. The zero-order chi connectivity index (χ0) is 20.1. The normalized spacial score (nSPS) is 11.4. The fraction of sp³-hybridized carbons (Fsp3) is 0.235. The SMILES string of the molecule is Cn1c(SCC(=O)NCc2cccs2)nnc1-c1ccc(NS(C)(=O)=O)cc1. The Morgan fingerprint density at radius 3 is 2.61 bits per heavy atom. The number of sulfonamides is 1. The largest absolute Gasteiger partial charge is 0.350 e. The number of thiophene rings is 1. The van der Waals surface area contributed by atoms with Crippen LogP contribution in [0, 0.1) is 0 Å². The molecule has 28 heavy (non-hydrogen) atoms. The smallest absolute Gasteiger partial charge is 0.230 e. The summed E-state index contributed by atoms with van der Waals surface area (Å²) in [5.74, 6) is 0.806. The van der Waals surface area contributed by atoms with E-state index in [-0.39, 0.29) is 11.7 Å². The van der Waals surface area contributed by atoms with Crippen LogP contribution in [-0.2, 0) is 28.4 Å². The molecule has 0 aliphatic carbocycles.